The summed E-state index contributed by atoms with van der Waals surface area (Å²) in [6.45, 7) is 3.96. The third-order valence-electron chi connectivity index (χ3n) is 2.34. The van der Waals surface area contributed by atoms with Crippen LogP contribution >= 0.6 is 0 Å². The maximum atomic E-state index is 13.0. The van der Waals surface area contributed by atoms with Gasteiger partial charge < -0.3 is 5.73 Å². The number of halogens is 1. The molecule has 0 fully saturated rings. The van der Waals surface area contributed by atoms with Gasteiger partial charge in [-0.25, -0.2) is 4.39 Å². The van der Waals surface area contributed by atoms with Crippen LogP contribution in [0.3, 0.4) is 0 Å². The Kier molecular flexibility index (Phi) is 4.27. The Morgan fingerprint density at radius 3 is 2.40 bits per heavy atom. The van der Waals surface area contributed by atoms with Crippen molar-refractivity contribution in [3.63, 3.8) is 0 Å². The summed E-state index contributed by atoms with van der Waals surface area (Å²) >= 11 is 0. The van der Waals surface area contributed by atoms with Crippen LogP contribution in [0.5, 0.6) is 0 Å². The van der Waals surface area contributed by atoms with E-state index in [4.69, 9.17) is 5.73 Å². The van der Waals surface area contributed by atoms with E-state index in [-0.39, 0.29) is 5.25 Å². The minimum Gasteiger partial charge on any atom is -0.399 e. The largest absolute Gasteiger partial charge is 0.399 e. The van der Waals surface area contributed by atoms with Crippen molar-refractivity contribution in [3.8, 4) is 0 Å². The molecule has 0 heterocycles. The molecule has 15 heavy (non-hydrogen) atoms. The molecule has 1 atom stereocenters. The molecule has 1 unspecified atom stereocenters. The minimum atomic E-state index is -1.16. The normalized spacial score (nSPS) is 13.1. The Morgan fingerprint density at radius 1 is 1.33 bits per heavy atom. The summed E-state index contributed by atoms with van der Waals surface area (Å²) in [5.41, 5.74) is 5.83. The van der Waals surface area contributed by atoms with Gasteiger partial charge >= 0.3 is 0 Å². The standard InChI is InChI=1S/C11H16FNOS/c1-3-10(4-2)15(14)11-6-8(12)5-9(13)7-11/h5-7,10H,3-4,13H2,1-2H3. The van der Waals surface area contributed by atoms with Gasteiger partial charge in [0.25, 0.3) is 0 Å². The average molecular weight is 229 g/mol. The lowest BCUT2D eigenvalue weighted by atomic mass is 10.3. The fourth-order valence-corrected chi connectivity index (χ4v) is 2.96. The molecule has 1 aromatic carbocycles. The summed E-state index contributed by atoms with van der Waals surface area (Å²) in [5.74, 6) is -0.427. The molecule has 0 aliphatic carbocycles. The first-order chi connectivity index (χ1) is 7.08. The molecule has 0 saturated heterocycles. The molecule has 0 aliphatic heterocycles. The van der Waals surface area contributed by atoms with Crippen LogP contribution < -0.4 is 5.73 Å². The van der Waals surface area contributed by atoms with E-state index in [0.717, 1.165) is 12.8 Å². The topological polar surface area (TPSA) is 43.1 Å². The number of benzene rings is 1. The molecule has 1 rings (SSSR count). The third-order valence-corrected chi connectivity index (χ3v) is 4.31. The molecule has 4 heteroatoms. The molecule has 0 radical (unpaired) electrons. The second kappa shape index (κ2) is 5.26. The molecule has 0 saturated carbocycles. The Hall–Kier alpha value is -0.900. The van der Waals surface area contributed by atoms with E-state index in [9.17, 15) is 8.60 Å². The molecule has 0 spiro atoms. The molecule has 2 nitrogen and oxygen atoms in total. The maximum Gasteiger partial charge on any atom is 0.126 e. The van der Waals surface area contributed by atoms with Crippen LogP contribution in [0, 0.1) is 5.82 Å². The molecule has 84 valence electrons. The molecule has 1 aromatic rings. The van der Waals surface area contributed by atoms with Gasteiger partial charge in [0.15, 0.2) is 0 Å². The quantitative estimate of drug-likeness (QED) is 0.807. The van der Waals surface area contributed by atoms with Crippen LogP contribution in [0.15, 0.2) is 23.1 Å². The first kappa shape index (κ1) is 12.2. The predicted octanol–water partition coefficient (Wildman–Crippen LogP) is 2.70. The molecular formula is C11H16FNOS. The summed E-state index contributed by atoms with van der Waals surface area (Å²) in [4.78, 5) is 0.487. The molecule has 2 N–H and O–H groups in total. The smallest absolute Gasteiger partial charge is 0.126 e. The van der Waals surface area contributed by atoms with Crippen LogP contribution in [-0.2, 0) is 10.8 Å². The van der Waals surface area contributed by atoms with Crippen molar-refractivity contribution in [2.45, 2.75) is 36.8 Å². The fourth-order valence-electron chi connectivity index (χ4n) is 1.48. The summed E-state index contributed by atoms with van der Waals surface area (Å²) in [5, 5.41) is 0.0752. The zero-order chi connectivity index (χ0) is 11.4. The van der Waals surface area contributed by atoms with Gasteiger partial charge in [-0.05, 0) is 31.0 Å². The van der Waals surface area contributed by atoms with Gasteiger partial charge in [0, 0.05) is 15.8 Å². The van der Waals surface area contributed by atoms with Gasteiger partial charge in [0.05, 0.1) is 10.8 Å². The fraction of sp³-hybridized carbons (Fsp3) is 0.455. The summed E-state index contributed by atoms with van der Waals surface area (Å²) in [6, 6.07) is 4.11. The Morgan fingerprint density at radius 2 is 1.93 bits per heavy atom. The van der Waals surface area contributed by atoms with Crippen LogP contribution in [0.4, 0.5) is 10.1 Å². The highest BCUT2D eigenvalue weighted by atomic mass is 32.2. The van der Waals surface area contributed by atoms with Crippen LogP contribution in [0.1, 0.15) is 26.7 Å². The lowest BCUT2D eigenvalue weighted by molar-refractivity contribution is 0.621. The van der Waals surface area contributed by atoms with Crippen molar-refractivity contribution in [1.29, 1.82) is 0 Å². The SMILES string of the molecule is CCC(CC)S(=O)c1cc(N)cc(F)c1. The zero-order valence-electron chi connectivity index (χ0n) is 9.00. The molecule has 0 aromatic heterocycles. The summed E-state index contributed by atoms with van der Waals surface area (Å²) < 4.78 is 25.0. The first-order valence-corrected chi connectivity index (χ1v) is 6.26. The Labute approximate surface area is 92.1 Å². The van der Waals surface area contributed by atoms with E-state index in [1.54, 1.807) is 6.07 Å². The predicted molar refractivity (Wildman–Crippen MR) is 61.6 cm³/mol. The van der Waals surface area contributed by atoms with Gasteiger partial charge in [-0.2, -0.15) is 0 Å². The van der Waals surface area contributed by atoms with Crippen molar-refractivity contribution in [2.75, 3.05) is 5.73 Å². The summed E-state index contributed by atoms with van der Waals surface area (Å²) in [7, 11) is -1.16. The maximum absolute atomic E-state index is 13.0. The summed E-state index contributed by atoms with van der Waals surface area (Å²) in [6.07, 6.45) is 1.64. The second-order valence-electron chi connectivity index (χ2n) is 3.46. The van der Waals surface area contributed by atoms with Gasteiger partial charge in [-0.1, -0.05) is 13.8 Å². The average Bonchev–Trinajstić information content (AvgIpc) is 2.18. The number of anilines is 1. The Bertz CT molecular complexity index is 343. The number of nitrogen functional groups attached to an aromatic ring is 1. The minimum absolute atomic E-state index is 0.0752. The highest BCUT2D eigenvalue weighted by Gasteiger charge is 2.15. The van der Waals surface area contributed by atoms with Crippen molar-refractivity contribution < 1.29 is 8.60 Å². The van der Waals surface area contributed by atoms with Gasteiger partial charge in [0.2, 0.25) is 0 Å². The lowest BCUT2D eigenvalue weighted by Crippen LogP contribution is -2.13. The van der Waals surface area contributed by atoms with E-state index in [2.05, 4.69) is 0 Å². The molecule has 0 amide bonds. The van der Waals surface area contributed by atoms with E-state index < -0.39 is 16.6 Å². The number of hydrogen-bond acceptors (Lipinski definition) is 2. The van der Waals surface area contributed by atoms with E-state index >= 15 is 0 Å². The van der Waals surface area contributed by atoms with Crippen molar-refractivity contribution in [1.82, 2.24) is 0 Å². The highest BCUT2D eigenvalue weighted by molar-refractivity contribution is 7.85. The number of rotatable bonds is 4. The lowest BCUT2D eigenvalue weighted by Gasteiger charge is -2.12. The van der Waals surface area contributed by atoms with Crippen LogP contribution in [0.25, 0.3) is 0 Å². The van der Waals surface area contributed by atoms with Crippen molar-refractivity contribution >= 4 is 16.5 Å². The second-order valence-corrected chi connectivity index (χ2v) is 5.19. The van der Waals surface area contributed by atoms with Gasteiger partial charge in [-0.15, -0.1) is 0 Å². The first-order valence-electron chi connectivity index (χ1n) is 5.05. The zero-order valence-corrected chi connectivity index (χ0v) is 9.81. The monoisotopic (exact) mass is 229 g/mol. The van der Waals surface area contributed by atoms with Gasteiger partial charge in [-0.3, -0.25) is 4.21 Å². The van der Waals surface area contributed by atoms with E-state index in [0.29, 0.717) is 10.6 Å². The van der Waals surface area contributed by atoms with Crippen molar-refractivity contribution in [2.24, 2.45) is 0 Å². The molecule has 0 bridgehead atoms. The number of nitrogens with two attached hydrogens (primary N) is 1. The van der Waals surface area contributed by atoms with E-state index in [1.165, 1.54) is 12.1 Å². The van der Waals surface area contributed by atoms with Crippen LogP contribution in [0.2, 0.25) is 0 Å². The van der Waals surface area contributed by atoms with Gasteiger partial charge in [0.1, 0.15) is 5.82 Å². The van der Waals surface area contributed by atoms with E-state index in [1.807, 2.05) is 13.8 Å². The van der Waals surface area contributed by atoms with Crippen molar-refractivity contribution in [3.05, 3.63) is 24.0 Å². The number of hydrogen-bond donors (Lipinski definition) is 1. The molecule has 0 aliphatic rings. The molecular weight excluding hydrogens is 213 g/mol. The Balaban J connectivity index is 3.00. The van der Waals surface area contributed by atoms with Crippen LogP contribution in [-0.4, -0.2) is 9.46 Å². The third kappa shape index (κ3) is 3.02. The highest BCUT2D eigenvalue weighted by Crippen LogP contribution is 2.20.